The minimum Gasteiger partial charge on any atom is -0.497 e. The van der Waals surface area contributed by atoms with Gasteiger partial charge < -0.3 is 14.6 Å². The number of fused-ring (bicyclic) bond motifs is 1. The molecule has 0 fully saturated rings. The van der Waals surface area contributed by atoms with Crippen LogP contribution in [0.25, 0.3) is 0 Å². The summed E-state index contributed by atoms with van der Waals surface area (Å²) in [5, 5.41) is 9.00. The van der Waals surface area contributed by atoms with E-state index in [9.17, 15) is 19.2 Å². The molecule has 4 rings (SSSR count). The second-order valence-corrected chi connectivity index (χ2v) is 7.38. The number of amides is 2. The van der Waals surface area contributed by atoms with Gasteiger partial charge in [0.2, 0.25) is 0 Å². The second kappa shape index (κ2) is 8.96. The number of carbonyl (C=O) groups excluding carboxylic acids is 3. The van der Waals surface area contributed by atoms with E-state index in [1.165, 1.54) is 30.3 Å². The number of rotatable bonds is 7. The Kier molecular flexibility index (Phi) is 5.91. The van der Waals surface area contributed by atoms with E-state index >= 15 is 0 Å². The Balaban J connectivity index is 1.45. The molecule has 0 aromatic heterocycles. The number of aromatic carboxylic acids is 1. The van der Waals surface area contributed by atoms with E-state index in [2.05, 4.69) is 0 Å². The molecule has 0 unspecified atom stereocenters. The van der Waals surface area contributed by atoms with E-state index < -0.39 is 23.8 Å². The average molecular weight is 445 g/mol. The fraction of sp³-hybridized carbons (Fsp3) is 0.120. The highest BCUT2D eigenvalue weighted by Gasteiger charge is 2.36. The molecular formula is C25H19NO7. The summed E-state index contributed by atoms with van der Waals surface area (Å²) in [6, 6.07) is 17.2. The second-order valence-electron chi connectivity index (χ2n) is 7.38. The predicted octanol–water partition coefficient (Wildman–Crippen LogP) is 3.55. The Labute approximate surface area is 189 Å². The minimum atomic E-state index is -1.06. The van der Waals surface area contributed by atoms with Crippen LogP contribution >= 0.6 is 0 Å². The number of ether oxygens (including phenoxy) is 2. The number of carboxylic acids is 1. The highest BCUT2D eigenvalue weighted by Crippen LogP contribution is 2.26. The lowest BCUT2D eigenvalue weighted by Gasteiger charge is -2.13. The van der Waals surface area contributed by atoms with Crippen molar-refractivity contribution >= 4 is 23.8 Å². The van der Waals surface area contributed by atoms with Crippen LogP contribution in [0, 0.1) is 0 Å². The van der Waals surface area contributed by atoms with E-state index in [0.29, 0.717) is 11.3 Å². The predicted molar refractivity (Wildman–Crippen MR) is 116 cm³/mol. The monoisotopic (exact) mass is 445 g/mol. The molecule has 0 spiro atoms. The summed E-state index contributed by atoms with van der Waals surface area (Å²) in [7, 11) is 1.56. The number of imide groups is 1. The van der Waals surface area contributed by atoms with Gasteiger partial charge in [0.15, 0.2) is 0 Å². The summed E-state index contributed by atoms with van der Waals surface area (Å²) in [6.07, 6.45) is 0. The molecule has 1 heterocycles. The zero-order valence-electron chi connectivity index (χ0n) is 17.6. The minimum absolute atomic E-state index is 0.0104. The number of nitrogens with zero attached hydrogens (tertiary/aromatic N) is 1. The number of hydrogen-bond donors (Lipinski definition) is 1. The van der Waals surface area contributed by atoms with Crippen LogP contribution in [0.15, 0.2) is 66.7 Å². The molecule has 3 aromatic rings. The van der Waals surface area contributed by atoms with E-state index in [1.54, 1.807) is 43.5 Å². The van der Waals surface area contributed by atoms with E-state index in [1.807, 2.05) is 0 Å². The first-order valence-corrected chi connectivity index (χ1v) is 10.00. The van der Waals surface area contributed by atoms with Crippen molar-refractivity contribution < 1.29 is 33.8 Å². The lowest BCUT2D eigenvalue weighted by Crippen LogP contribution is -2.29. The van der Waals surface area contributed by atoms with Crippen LogP contribution in [0.5, 0.6) is 5.75 Å². The molecule has 0 saturated heterocycles. The molecule has 3 aromatic carbocycles. The molecule has 0 bridgehead atoms. The van der Waals surface area contributed by atoms with Gasteiger partial charge in [-0.05, 0) is 53.6 Å². The van der Waals surface area contributed by atoms with Crippen LogP contribution in [-0.4, -0.2) is 40.9 Å². The van der Waals surface area contributed by atoms with Crippen molar-refractivity contribution in [2.45, 2.75) is 13.2 Å². The van der Waals surface area contributed by atoms with Gasteiger partial charge in [-0.2, -0.15) is 0 Å². The number of benzene rings is 3. The van der Waals surface area contributed by atoms with Crippen molar-refractivity contribution in [2.75, 3.05) is 7.11 Å². The van der Waals surface area contributed by atoms with Crippen molar-refractivity contribution in [1.29, 1.82) is 0 Å². The Bertz CT molecular complexity index is 1250. The molecule has 0 aliphatic carbocycles. The molecule has 166 valence electrons. The fourth-order valence-electron chi connectivity index (χ4n) is 3.45. The summed E-state index contributed by atoms with van der Waals surface area (Å²) in [5.74, 6) is -1.99. The largest absolute Gasteiger partial charge is 0.497 e. The Morgan fingerprint density at radius 1 is 0.818 bits per heavy atom. The van der Waals surface area contributed by atoms with Crippen LogP contribution in [0.4, 0.5) is 0 Å². The topological polar surface area (TPSA) is 110 Å². The van der Waals surface area contributed by atoms with Gasteiger partial charge >= 0.3 is 11.9 Å². The van der Waals surface area contributed by atoms with Gasteiger partial charge in [-0.15, -0.1) is 0 Å². The van der Waals surface area contributed by atoms with Gasteiger partial charge in [-0.1, -0.05) is 24.3 Å². The van der Waals surface area contributed by atoms with Crippen molar-refractivity contribution in [3.63, 3.8) is 0 Å². The smallest absolute Gasteiger partial charge is 0.338 e. The molecule has 8 heteroatoms. The average Bonchev–Trinajstić information content (AvgIpc) is 3.07. The summed E-state index contributed by atoms with van der Waals surface area (Å²) >= 11 is 0. The SMILES string of the molecule is COc1ccc(COC(=O)c2ccc3c(c2)C(=O)N(Cc2ccc(C(=O)O)cc2)C3=O)cc1. The maximum absolute atomic E-state index is 12.8. The van der Waals surface area contributed by atoms with Gasteiger partial charge in [0, 0.05) is 0 Å². The quantitative estimate of drug-likeness (QED) is 0.437. The van der Waals surface area contributed by atoms with Crippen LogP contribution in [0.1, 0.15) is 52.6 Å². The molecular weight excluding hydrogens is 426 g/mol. The number of carboxylic acid groups (broad SMARTS) is 1. The highest BCUT2D eigenvalue weighted by atomic mass is 16.5. The van der Waals surface area contributed by atoms with E-state index in [0.717, 1.165) is 10.5 Å². The van der Waals surface area contributed by atoms with Crippen LogP contribution < -0.4 is 4.74 Å². The number of methoxy groups -OCH3 is 1. The zero-order chi connectivity index (χ0) is 23.5. The lowest BCUT2D eigenvalue weighted by atomic mass is 10.1. The van der Waals surface area contributed by atoms with Gasteiger partial charge in [0.05, 0.1) is 35.9 Å². The molecule has 8 nitrogen and oxygen atoms in total. The highest BCUT2D eigenvalue weighted by molar-refractivity contribution is 6.21. The first kappa shape index (κ1) is 21.8. The van der Waals surface area contributed by atoms with Gasteiger partial charge in [0.1, 0.15) is 12.4 Å². The van der Waals surface area contributed by atoms with Crippen molar-refractivity contribution in [3.8, 4) is 5.75 Å². The normalized spacial score (nSPS) is 12.5. The van der Waals surface area contributed by atoms with Crippen molar-refractivity contribution in [1.82, 2.24) is 4.90 Å². The number of carbonyl (C=O) groups is 4. The third-order valence-corrected chi connectivity index (χ3v) is 5.28. The molecule has 1 N–H and O–H groups in total. The van der Waals surface area contributed by atoms with Crippen LogP contribution in [0.2, 0.25) is 0 Å². The number of esters is 1. The molecule has 0 radical (unpaired) electrons. The first-order chi connectivity index (χ1) is 15.9. The van der Waals surface area contributed by atoms with Crippen molar-refractivity contribution in [3.05, 3.63) is 100 Å². The first-order valence-electron chi connectivity index (χ1n) is 10.00. The fourth-order valence-corrected chi connectivity index (χ4v) is 3.45. The molecule has 2 amide bonds. The van der Waals surface area contributed by atoms with Crippen LogP contribution in [-0.2, 0) is 17.9 Å². The molecule has 33 heavy (non-hydrogen) atoms. The third kappa shape index (κ3) is 4.45. The Morgan fingerprint density at radius 2 is 1.42 bits per heavy atom. The maximum atomic E-state index is 12.8. The summed E-state index contributed by atoms with van der Waals surface area (Å²) < 4.78 is 10.4. The molecule has 0 atom stereocenters. The van der Waals surface area contributed by atoms with Gasteiger partial charge in [-0.25, -0.2) is 9.59 Å². The van der Waals surface area contributed by atoms with E-state index in [4.69, 9.17) is 14.6 Å². The maximum Gasteiger partial charge on any atom is 0.338 e. The standard InChI is InChI=1S/C25H19NO7/c1-32-19-9-4-16(5-10-19)14-33-25(31)18-8-11-20-21(12-18)23(28)26(22(20)27)13-15-2-6-17(7-3-15)24(29)30/h2-12H,13-14H2,1H3,(H,29,30). The molecule has 1 aliphatic rings. The summed E-state index contributed by atoms with van der Waals surface area (Å²) in [5.41, 5.74) is 1.98. The van der Waals surface area contributed by atoms with Gasteiger partial charge in [-0.3, -0.25) is 14.5 Å². The third-order valence-electron chi connectivity index (χ3n) is 5.28. The van der Waals surface area contributed by atoms with Crippen molar-refractivity contribution in [2.24, 2.45) is 0 Å². The van der Waals surface area contributed by atoms with E-state index in [-0.39, 0.29) is 35.4 Å². The zero-order valence-corrected chi connectivity index (χ0v) is 17.6. The number of hydrogen-bond acceptors (Lipinski definition) is 6. The Hall–Kier alpha value is -4.46. The van der Waals surface area contributed by atoms with Crippen LogP contribution in [0.3, 0.4) is 0 Å². The molecule has 1 aliphatic heterocycles. The Morgan fingerprint density at radius 3 is 2.06 bits per heavy atom. The summed E-state index contributed by atoms with van der Waals surface area (Å²) in [4.78, 5) is 50.1. The summed E-state index contributed by atoms with van der Waals surface area (Å²) in [6.45, 7) is 0.0365. The molecule has 0 saturated carbocycles. The lowest BCUT2D eigenvalue weighted by molar-refractivity contribution is 0.0472. The van der Waals surface area contributed by atoms with Gasteiger partial charge in [0.25, 0.3) is 11.8 Å².